The SMILES string of the molecule is Cc1ccc2c(c1)C(=O)C(CO)(CO)C2. The van der Waals surface area contributed by atoms with Gasteiger partial charge in [0.1, 0.15) is 0 Å². The predicted octanol–water partition coefficient (Wildman–Crippen LogP) is 0.705. The molecular weight excluding hydrogens is 192 g/mol. The third-order valence-corrected chi connectivity index (χ3v) is 3.13. The summed E-state index contributed by atoms with van der Waals surface area (Å²) in [6.07, 6.45) is 0.439. The van der Waals surface area contributed by atoms with Gasteiger partial charge in [-0.25, -0.2) is 0 Å². The predicted molar refractivity (Wildman–Crippen MR) is 55.8 cm³/mol. The van der Waals surface area contributed by atoms with Gasteiger partial charge in [-0.05, 0) is 25.0 Å². The average Bonchev–Trinajstić information content (AvgIpc) is 2.53. The van der Waals surface area contributed by atoms with Gasteiger partial charge in [0.25, 0.3) is 0 Å². The standard InChI is InChI=1S/C12H14O3/c1-8-2-3-9-5-12(6-13,7-14)11(15)10(9)4-8/h2-4,13-14H,5-7H2,1H3. The zero-order chi connectivity index (χ0) is 11.1. The summed E-state index contributed by atoms with van der Waals surface area (Å²) < 4.78 is 0. The van der Waals surface area contributed by atoms with Crippen LogP contribution in [-0.4, -0.2) is 29.2 Å². The number of benzene rings is 1. The molecule has 0 atom stereocenters. The van der Waals surface area contributed by atoms with Crippen LogP contribution in [0.3, 0.4) is 0 Å². The van der Waals surface area contributed by atoms with Gasteiger partial charge in [-0.2, -0.15) is 0 Å². The number of hydrogen-bond donors (Lipinski definition) is 2. The number of aryl methyl sites for hydroxylation is 1. The van der Waals surface area contributed by atoms with E-state index in [4.69, 9.17) is 0 Å². The number of aliphatic hydroxyl groups excluding tert-OH is 2. The van der Waals surface area contributed by atoms with Gasteiger partial charge in [0.15, 0.2) is 5.78 Å². The van der Waals surface area contributed by atoms with Crippen LogP contribution in [0.4, 0.5) is 0 Å². The molecule has 0 spiro atoms. The fourth-order valence-corrected chi connectivity index (χ4v) is 2.09. The van der Waals surface area contributed by atoms with Crippen molar-refractivity contribution in [1.82, 2.24) is 0 Å². The molecule has 0 amide bonds. The maximum Gasteiger partial charge on any atom is 0.174 e. The number of Topliss-reactive ketones (excluding diaryl/α,β-unsaturated/α-hetero) is 1. The second-order valence-corrected chi connectivity index (χ2v) is 4.26. The number of carbonyl (C=O) groups excluding carboxylic acids is 1. The zero-order valence-electron chi connectivity index (χ0n) is 8.66. The molecule has 2 N–H and O–H groups in total. The fraction of sp³-hybridized carbons (Fsp3) is 0.417. The van der Waals surface area contributed by atoms with Gasteiger partial charge in [0.05, 0.1) is 18.6 Å². The lowest BCUT2D eigenvalue weighted by molar-refractivity contribution is 0.0456. The van der Waals surface area contributed by atoms with E-state index in [1.807, 2.05) is 25.1 Å². The Morgan fingerprint density at radius 3 is 2.60 bits per heavy atom. The third kappa shape index (κ3) is 1.39. The molecule has 0 heterocycles. The van der Waals surface area contributed by atoms with E-state index in [0.717, 1.165) is 11.1 Å². The van der Waals surface area contributed by atoms with Crippen LogP contribution < -0.4 is 0 Å². The molecule has 1 aliphatic rings. The van der Waals surface area contributed by atoms with Gasteiger partial charge in [-0.15, -0.1) is 0 Å². The number of rotatable bonds is 2. The Hall–Kier alpha value is -1.19. The highest BCUT2D eigenvalue weighted by Crippen LogP contribution is 2.36. The highest BCUT2D eigenvalue weighted by molar-refractivity contribution is 6.05. The molecule has 0 saturated heterocycles. The molecule has 80 valence electrons. The van der Waals surface area contributed by atoms with Gasteiger partial charge in [-0.1, -0.05) is 17.7 Å². The van der Waals surface area contributed by atoms with Crippen LogP contribution in [0.15, 0.2) is 18.2 Å². The van der Waals surface area contributed by atoms with Gasteiger partial charge in [0.2, 0.25) is 0 Å². The van der Waals surface area contributed by atoms with E-state index in [9.17, 15) is 15.0 Å². The van der Waals surface area contributed by atoms with Crippen molar-refractivity contribution in [3.63, 3.8) is 0 Å². The van der Waals surface area contributed by atoms with Crippen LogP contribution in [0.25, 0.3) is 0 Å². The van der Waals surface area contributed by atoms with Gasteiger partial charge in [-0.3, -0.25) is 4.79 Å². The van der Waals surface area contributed by atoms with Gasteiger partial charge < -0.3 is 10.2 Å². The minimum absolute atomic E-state index is 0.133. The zero-order valence-corrected chi connectivity index (χ0v) is 8.66. The molecule has 3 heteroatoms. The van der Waals surface area contributed by atoms with Crippen molar-refractivity contribution in [1.29, 1.82) is 0 Å². The second kappa shape index (κ2) is 3.43. The summed E-state index contributed by atoms with van der Waals surface area (Å²) in [6.45, 7) is 1.33. The molecule has 15 heavy (non-hydrogen) atoms. The van der Waals surface area contributed by atoms with E-state index in [1.165, 1.54) is 0 Å². The van der Waals surface area contributed by atoms with E-state index in [-0.39, 0.29) is 19.0 Å². The van der Waals surface area contributed by atoms with E-state index in [2.05, 4.69) is 0 Å². The molecule has 0 radical (unpaired) electrons. The van der Waals surface area contributed by atoms with Gasteiger partial charge >= 0.3 is 0 Å². The molecule has 1 aliphatic carbocycles. The summed E-state index contributed by atoms with van der Waals surface area (Å²) in [5.41, 5.74) is 1.61. The van der Waals surface area contributed by atoms with E-state index >= 15 is 0 Å². The molecule has 0 fully saturated rings. The quantitative estimate of drug-likeness (QED) is 0.749. The van der Waals surface area contributed by atoms with Crippen LogP contribution in [0, 0.1) is 12.3 Å². The average molecular weight is 206 g/mol. The number of ketones is 1. The summed E-state index contributed by atoms with van der Waals surface area (Å²) in [5.74, 6) is -0.133. The molecular formula is C12H14O3. The number of aliphatic hydroxyl groups is 2. The first-order chi connectivity index (χ1) is 7.13. The van der Waals surface area contributed by atoms with Crippen molar-refractivity contribution < 1.29 is 15.0 Å². The van der Waals surface area contributed by atoms with Crippen LogP contribution in [-0.2, 0) is 6.42 Å². The largest absolute Gasteiger partial charge is 0.395 e. The van der Waals surface area contributed by atoms with Crippen molar-refractivity contribution in [3.05, 3.63) is 34.9 Å². The minimum atomic E-state index is -0.990. The number of fused-ring (bicyclic) bond motifs is 1. The lowest BCUT2D eigenvalue weighted by atomic mass is 9.86. The summed E-state index contributed by atoms with van der Waals surface area (Å²) in [5, 5.41) is 18.5. The molecule has 0 aromatic heterocycles. The fourth-order valence-electron chi connectivity index (χ4n) is 2.09. The number of carbonyl (C=O) groups is 1. The first-order valence-corrected chi connectivity index (χ1v) is 4.99. The Kier molecular flexibility index (Phi) is 2.37. The highest BCUT2D eigenvalue weighted by atomic mass is 16.3. The van der Waals surface area contributed by atoms with Crippen molar-refractivity contribution in [2.45, 2.75) is 13.3 Å². The Morgan fingerprint density at radius 2 is 2.00 bits per heavy atom. The maximum absolute atomic E-state index is 12.0. The van der Waals surface area contributed by atoms with Crippen molar-refractivity contribution in [2.75, 3.05) is 13.2 Å². The second-order valence-electron chi connectivity index (χ2n) is 4.26. The Bertz CT molecular complexity index is 405. The number of hydrogen-bond acceptors (Lipinski definition) is 3. The minimum Gasteiger partial charge on any atom is -0.395 e. The lowest BCUT2D eigenvalue weighted by Gasteiger charge is -2.21. The summed E-state index contributed by atoms with van der Waals surface area (Å²) in [6, 6.07) is 5.66. The summed E-state index contributed by atoms with van der Waals surface area (Å²) >= 11 is 0. The highest BCUT2D eigenvalue weighted by Gasteiger charge is 2.44. The lowest BCUT2D eigenvalue weighted by Crippen LogP contribution is -2.36. The third-order valence-electron chi connectivity index (χ3n) is 3.13. The molecule has 1 aromatic carbocycles. The molecule has 0 unspecified atom stereocenters. The molecule has 3 nitrogen and oxygen atoms in total. The van der Waals surface area contributed by atoms with Crippen LogP contribution >= 0.6 is 0 Å². The molecule has 2 rings (SSSR count). The monoisotopic (exact) mass is 206 g/mol. The first-order valence-electron chi connectivity index (χ1n) is 4.99. The Labute approximate surface area is 88.4 Å². The summed E-state index contributed by atoms with van der Waals surface area (Å²) in [7, 11) is 0. The smallest absolute Gasteiger partial charge is 0.174 e. The molecule has 0 aliphatic heterocycles. The van der Waals surface area contributed by atoms with Crippen LogP contribution in [0.2, 0.25) is 0 Å². The molecule has 1 aromatic rings. The van der Waals surface area contributed by atoms with Crippen molar-refractivity contribution in [2.24, 2.45) is 5.41 Å². The van der Waals surface area contributed by atoms with Crippen molar-refractivity contribution in [3.8, 4) is 0 Å². The Morgan fingerprint density at radius 1 is 1.33 bits per heavy atom. The van der Waals surface area contributed by atoms with Crippen molar-refractivity contribution >= 4 is 5.78 Å². The Balaban J connectivity index is 2.49. The first kappa shape index (κ1) is 10.3. The van der Waals surface area contributed by atoms with E-state index in [0.29, 0.717) is 12.0 Å². The molecule has 0 saturated carbocycles. The maximum atomic E-state index is 12.0. The van der Waals surface area contributed by atoms with Crippen LogP contribution in [0.1, 0.15) is 21.5 Å². The van der Waals surface area contributed by atoms with E-state index in [1.54, 1.807) is 0 Å². The molecule has 0 bridgehead atoms. The van der Waals surface area contributed by atoms with Gasteiger partial charge in [0, 0.05) is 5.56 Å². The summed E-state index contributed by atoms with van der Waals surface area (Å²) in [4.78, 5) is 12.0. The van der Waals surface area contributed by atoms with Crippen LogP contribution in [0.5, 0.6) is 0 Å². The van der Waals surface area contributed by atoms with E-state index < -0.39 is 5.41 Å². The normalized spacial score (nSPS) is 17.9. The topological polar surface area (TPSA) is 57.5 Å².